The van der Waals surface area contributed by atoms with E-state index in [1.54, 1.807) is 0 Å². The molecule has 68 valence electrons. The van der Waals surface area contributed by atoms with E-state index >= 15 is 0 Å². The van der Waals surface area contributed by atoms with E-state index in [-0.39, 0.29) is 12.0 Å². The number of carbonyl (C=O) groups is 1. The molecule has 12 heavy (non-hydrogen) atoms. The van der Waals surface area contributed by atoms with Crippen molar-refractivity contribution in [3.8, 4) is 0 Å². The third-order valence-corrected chi connectivity index (χ3v) is 2.48. The van der Waals surface area contributed by atoms with Crippen molar-refractivity contribution in [2.24, 2.45) is 0 Å². The molecule has 3 fully saturated rings. The van der Waals surface area contributed by atoms with Crippen LogP contribution in [0.2, 0.25) is 0 Å². The van der Waals surface area contributed by atoms with Crippen molar-refractivity contribution in [3.05, 3.63) is 0 Å². The largest absolute Gasteiger partial charge is 0.363 e. The number of likely N-dealkylation sites (N-methyl/N-ethyl adjacent to an activating group) is 1. The monoisotopic (exact) mass is 170 g/mol. The van der Waals surface area contributed by atoms with Crippen LogP contribution >= 0.6 is 0 Å². The number of amides is 1. The van der Waals surface area contributed by atoms with Gasteiger partial charge in [0.2, 0.25) is 0 Å². The first kappa shape index (κ1) is 8.01. The van der Waals surface area contributed by atoms with E-state index in [1.165, 1.54) is 0 Å². The van der Waals surface area contributed by atoms with E-state index < -0.39 is 0 Å². The van der Waals surface area contributed by atoms with Crippen molar-refractivity contribution in [1.29, 1.82) is 0 Å². The summed E-state index contributed by atoms with van der Waals surface area (Å²) in [5, 5.41) is 3.03. The second-order valence-electron chi connectivity index (χ2n) is 3.37. The molecule has 0 aromatic carbocycles. The molecule has 2 unspecified atom stereocenters. The molecular formula is C8H14N2O2. The highest BCUT2D eigenvalue weighted by Gasteiger charge is 2.44. The molecule has 0 aromatic rings. The minimum Gasteiger partial charge on any atom is -0.363 e. The van der Waals surface area contributed by atoms with Crippen LogP contribution in [0.25, 0.3) is 0 Å². The van der Waals surface area contributed by atoms with E-state index in [0.29, 0.717) is 6.10 Å². The highest BCUT2D eigenvalue weighted by molar-refractivity contribution is 5.83. The van der Waals surface area contributed by atoms with E-state index in [2.05, 4.69) is 5.32 Å². The van der Waals surface area contributed by atoms with Crippen LogP contribution in [0.1, 0.15) is 6.42 Å². The van der Waals surface area contributed by atoms with Gasteiger partial charge in [0.15, 0.2) is 0 Å². The summed E-state index contributed by atoms with van der Waals surface area (Å²) in [5.41, 5.74) is 0. The highest BCUT2D eigenvalue weighted by atomic mass is 16.5. The van der Waals surface area contributed by atoms with Gasteiger partial charge >= 0.3 is 0 Å². The maximum absolute atomic E-state index is 11.4. The van der Waals surface area contributed by atoms with Crippen LogP contribution in [0.15, 0.2) is 0 Å². The van der Waals surface area contributed by atoms with Gasteiger partial charge in [0.1, 0.15) is 6.10 Å². The first-order valence-corrected chi connectivity index (χ1v) is 4.40. The van der Waals surface area contributed by atoms with E-state index in [0.717, 1.165) is 26.1 Å². The molecule has 2 bridgehead atoms. The molecule has 0 aliphatic carbocycles. The molecule has 0 spiro atoms. The van der Waals surface area contributed by atoms with Gasteiger partial charge in [0.25, 0.3) is 5.91 Å². The number of nitrogens with one attached hydrogen (secondary N) is 1. The van der Waals surface area contributed by atoms with Crippen LogP contribution in [-0.2, 0) is 9.53 Å². The molecule has 3 saturated heterocycles. The van der Waals surface area contributed by atoms with Crippen LogP contribution in [-0.4, -0.2) is 49.7 Å². The van der Waals surface area contributed by atoms with Crippen molar-refractivity contribution < 1.29 is 9.53 Å². The van der Waals surface area contributed by atoms with Crippen LogP contribution in [0.3, 0.4) is 0 Å². The number of hydrogen-bond acceptors (Lipinski definition) is 3. The van der Waals surface area contributed by atoms with Gasteiger partial charge in [-0.1, -0.05) is 0 Å². The Kier molecular flexibility index (Phi) is 2.02. The number of ether oxygens (including phenoxy) is 1. The number of nitrogens with zero attached hydrogens (tertiary/aromatic N) is 1. The number of rotatable bonds is 3. The molecule has 4 heteroatoms. The topological polar surface area (TPSA) is 41.6 Å². The molecule has 2 atom stereocenters. The van der Waals surface area contributed by atoms with E-state index in [1.807, 2.05) is 11.9 Å². The predicted molar refractivity (Wildman–Crippen MR) is 43.8 cm³/mol. The average molecular weight is 170 g/mol. The Balaban J connectivity index is 1.86. The molecule has 4 nitrogen and oxygen atoms in total. The van der Waals surface area contributed by atoms with Gasteiger partial charge in [-0.2, -0.15) is 0 Å². The fraction of sp³-hybridized carbons (Fsp3) is 0.875. The third kappa shape index (κ3) is 1.21. The first-order valence-electron chi connectivity index (χ1n) is 4.40. The Hall–Kier alpha value is -0.610. The summed E-state index contributed by atoms with van der Waals surface area (Å²) >= 11 is 0. The fourth-order valence-electron chi connectivity index (χ4n) is 1.72. The van der Waals surface area contributed by atoms with Gasteiger partial charge in [-0.25, -0.2) is 0 Å². The summed E-state index contributed by atoms with van der Waals surface area (Å²) in [6.07, 6.45) is 1.15. The number of fused-ring (bicyclic) bond motifs is 2. The average Bonchev–Trinajstić information content (AvgIpc) is 2.00. The smallest absolute Gasteiger partial charge is 0.251 e. The third-order valence-electron chi connectivity index (χ3n) is 2.48. The van der Waals surface area contributed by atoms with Gasteiger partial charge < -0.3 is 15.0 Å². The standard InChI is InChI=1S/C8H14N2O2/c1-9-2-3-10-5-6-4-7(12-6)8(10)11/h6-7,9H,2-5H2,1H3. The minimum atomic E-state index is -0.111. The van der Waals surface area contributed by atoms with E-state index in [9.17, 15) is 4.79 Å². The Morgan fingerprint density at radius 1 is 1.75 bits per heavy atom. The molecule has 0 saturated carbocycles. The molecule has 3 aliphatic rings. The molecule has 3 rings (SSSR count). The van der Waals surface area contributed by atoms with Crippen LogP contribution < -0.4 is 5.32 Å². The molecule has 1 amide bonds. The van der Waals surface area contributed by atoms with Gasteiger partial charge in [0, 0.05) is 26.1 Å². The molecule has 0 radical (unpaired) electrons. The zero-order valence-corrected chi connectivity index (χ0v) is 7.25. The normalized spacial score (nSPS) is 33.4. The summed E-state index contributed by atoms with van der Waals surface area (Å²) in [7, 11) is 1.89. The zero-order valence-electron chi connectivity index (χ0n) is 7.25. The lowest BCUT2D eigenvalue weighted by Gasteiger charge is -2.46. The van der Waals surface area contributed by atoms with Crippen molar-refractivity contribution >= 4 is 5.91 Å². The molecule has 3 heterocycles. The maximum atomic E-state index is 11.4. The number of piperidine rings is 1. The number of carbonyl (C=O) groups excluding carboxylic acids is 1. The lowest BCUT2D eigenvalue weighted by molar-refractivity contribution is -0.197. The van der Waals surface area contributed by atoms with Gasteiger partial charge in [-0.05, 0) is 7.05 Å². The predicted octanol–water partition coefficient (Wildman–Crippen LogP) is -0.794. The van der Waals surface area contributed by atoms with E-state index in [4.69, 9.17) is 4.74 Å². The van der Waals surface area contributed by atoms with Gasteiger partial charge in [-0.15, -0.1) is 0 Å². The summed E-state index contributed by atoms with van der Waals surface area (Å²) in [6.45, 7) is 2.47. The van der Waals surface area contributed by atoms with Crippen LogP contribution in [0.4, 0.5) is 0 Å². The lowest BCUT2D eigenvalue weighted by atomic mass is 9.98. The quantitative estimate of drug-likeness (QED) is 0.603. The Labute approximate surface area is 71.9 Å². The van der Waals surface area contributed by atoms with Crippen molar-refractivity contribution in [3.63, 3.8) is 0 Å². The SMILES string of the molecule is CNCCN1CC2CC(O2)C1=O. The van der Waals surface area contributed by atoms with Crippen LogP contribution in [0.5, 0.6) is 0 Å². The van der Waals surface area contributed by atoms with Crippen molar-refractivity contribution in [2.75, 3.05) is 26.7 Å². The molecule has 3 aliphatic heterocycles. The zero-order chi connectivity index (χ0) is 8.55. The summed E-state index contributed by atoms with van der Waals surface area (Å²) < 4.78 is 5.29. The lowest BCUT2D eigenvalue weighted by Crippen LogP contribution is -2.61. The summed E-state index contributed by atoms with van der Waals surface area (Å²) in [6, 6.07) is 0. The minimum absolute atomic E-state index is 0.111. The van der Waals surface area contributed by atoms with Gasteiger partial charge in [-0.3, -0.25) is 4.79 Å². The Morgan fingerprint density at radius 2 is 2.50 bits per heavy atom. The Morgan fingerprint density at radius 3 is 3.08 bits per heavy atom. The maximum Gasteiger partial charge on any atom is 0.251 e. The van der Waals surface area contributed by atoms with Crippen molar-refractivity contribution in [1.82, 2.24) is 10.2 Å². The number of morpholine rings is 1. The van der Waals surface area contributed by atoms with Crippen LogP contribution in [0, 0.1) is 0 Å². The van der Waals surface area contributed by atoms with Gasteiger partial charge in [0.05, 0.1) is 6.10 Å². The second kappa shape index (κ2) is 3.03. The Bertz CT molecular complexity index is 189. The first-order chi connectivity index (χ1) is 5.81. The second-order valence-corrected chi connectivity index (χ2v) is 3.37. The number of hydrogen-bond donors (Lipinski definition) is 1. The molecule has 1 N–H and O–H groups in total. The van der Waals surface area contributed by atoms with Crippen molar-refractivity contribution in [2.45, 2.75) is 18.6 Å². The highest BCUT2D eigenvalue weighted by Crippen LogP contribution is 2.28. The molecule has 0 aromatic heterocycles. The molecular weight excluding hydrogens is 156 g/mol. The summed E-state index contributed by atoms with van der Waals surface area (Å²) in [5.74, 6) is 0.174. The summed E-state index contributed by atoms with van der Waals surface area (Å²) in [4.78, 5) is 13.3. The fourth-order valence-corrected chi connectivity index (χ4v) is 1.72.